The number of halogens is 1. The third-order valence-electron chi connectivity index (χ3n) is 2.56. The lowest BCUT2D eigenvalue weighted by Gasteiger charge is -2.09. The highest BCUT2D eigenvalue weighted by atomic mass is 127. The minimum absolute atomic E-state index is 0.491. The Hall–Kier alpha value is -0.170. The molecular formula is C8H13IN4. The number of nitrogens with two attached hydrogens (primary N) is 1. The zero-order valence-corrected chi connectivity index (χ0v) is 9.57. The molecule has 1 aromatic heterocycles. The summed E-state index contributed by atoms with van der Waals surface area (Å²) in [5.41, 5.74) is 6.47. The fraction of sp³-hybridized carbons (Fsp3) is 0.750. The number of hydrogen-bond donors (Lipinski definition) is 1. The molecule has 1 fully saturated rings. The molecule has 2 N–H and O–H groups in total. The van der Waals surface area contributed by atoms with Gasteiger partial charge in [0.25, 0.3) is 0 Å². The molecule has 0 bridgehead atoms. The zero-order valence-electron chi connectivity index (χ0n) is 7.41. The predicted octanol–water partition coefficient (Wildman–Crippen LogP) is 1.46. The maximum Gasteiger partial charge on any atom is 0.124 e. The first-order valence-corrected chi connectivity index (χ1v) is 5.70. The van der Waals surface area contributed by atoms with Crippen LogP contribution in [0.25, 0.3) is 0 Å². The summed E-state index contributed by atoms with van der Waals surface area (Å²) in [6.07, 6.45) is 5.11. The van der Waals surface area contributed by atoms with Crippen LogP contribution in [0.1, 0.15) is 37.4 Å². The molecule has 0 spiro atoms. The standard InChI is InChI=1S/C8H13IN4/c9-8-7(5-10)11-12-13(8)6-3-1-2-4-6/h6H,1-5,10H2. The Labute approximate surface area is 91.0 Å². The Bertz CT molecular complexity index is 290. The van der Waals surface area contributed by atoms with Gasteiger partial charge in [-0.15, -0.1) is 5.10 Å². The highest BCUT2D eigenvalue weighted by molar-refractivity contribution is 14.1. The first-order valence-electron chi connectivity index (χ1n) is 4.62. The number of nitrogens with zero attached hydrogens (tertiary/aromatic N) is 3. The molecule has 0 aliphatic heterocycles. The molecule has 13 heavy (non-hydrogen) atoms. The molecule has 1 aliphatic carbocycles. The molecule has 2 rings (SSSR count). The van der Waals surface area contributed by atoms with E-state index in [1.165, 1.54) is 25.7 Å². The summed E-state index contributed by atoms with van der Waals surface area (Å²) < 4.78 is 3.16. The molecule has 0 radical (unpaired) electrons. The summed E-state index contributed by atoms with van der Waals surface area (Å²) in [7, 11) is 0. The van der Waals surface area contributed by atoms with Gasteiger partial charge in [-0.1, -0.05) is 18.1 Å². The summed E-state index contributed by atoms with van der Waals surface area (Å²) in [4.78, 5) is 0. The molecule has 0 saturated heterocycles. The summed E-state index contributed by atoms with van der Waals surface area (Å²) in [6, 6.07) is 0.569. The maximum absolute atomic E-state index is 5.54. The molecule has 0 unspecified atom stereocenters. The van der Waals surface area contributed by atoms with Gasteiger partial charge in [-0.3, -0.25) is 0 Å². The summed E-state index contributed by atoms with van der Waals surface area (Å²) in [6.45, 7) is 0.491. The fourth-order valence-corrected chi connectivity index (χ4v) is 2.64. The van der Waals surface area contributed by atoms with Crippen LogP contribution >= 0.6 is 22.6 Å². The minimum Gasteiger partial charge on any atom is -0.325 e. The predicted molar refractivity (Wildman–Crippen MR) is 58.1 cm³/mol. The van der Waals surface area contributed by atoms with Crippen LogP contribution < -0.4 is 5.73 Å². The molecule has 5 heteroatoms. The SMILES string of the molecule is NCc1nnn(C2CCCC2)c1I. The van der Waals surface area contributed by atoms with E-state index in [-0.39, 0.29) is 0 Å². The Morgan fingerprint density at radius 1 is 1.46 bits per heavy atom. The van der Waals surface area contributed by atoms with Crippen LogP contribution in [0.4, 0.5) is 0 Å². The van der Waals surface area contributed by atoms with Crippen LogP contribution in [0, 0.1) is 3.70 Å². The van der Waals surface area contributed by atoms with E-state index in [9.17, 15) is 0 Å². The molecule has 0 atom stereocenters. The van der Waals surface area contributed by atoms with Gasteiger partial charge in [0.05, 0.1) is 6.04 Å². The lowest BCUT2D eigenvalue weighted by atomic mass is 10.2. The van der Waals surface area contributed by atoms with Gasteiger partial charge < -0.3 is 5.73 Å². The van der Waals surface area contributed by atoms with E-state index in [2.05, 4.69) is 32.9 Å². The first-order chi connectivity index (χ1) is 6.33. The topological polar surface area (TPSA) is 56.7 Å². The largest absolute Gasteiger partial charge is 0.325 e. The normalized spacial score (nSPS) is 18.3. The fourth-order valence-electron chi connectivity index (χ4n) is 1.82. The highest BCUT2D eigenvalue weighted by Gasteiger charge is 2.21. The van der Waals surface area contributed by atoms with Crippen LogP contribution in [0.3, 0.4) is 0 Å². The van der Waals surface area contributed by atoms with Crippen molar-refractivity contribution in [3.63, 3.8) is 0 Å². The Morgan fingerprint density at radius 2 is 2.15 bits per heavy atom. The smallest absolute Gasteiger partial charge is 0.124 e. The number of hydrogen-bond acceptors (Lipinski definition) is 3. The van der Waals surface area contributed by atoms with E-state index in [0.29, 0.717) is 12.6 Å². The molecule has 72 valence electrons. The second-order valence-electron chi connectivity index (χ2n) is 3.41. The minimum atomic E-state index is 0.491. The molecule has 1 aromatic rings. The third kappa shape index (κ3) is 1.71. The van der Waals surface area contributed by atoms with Gasteiger partial charge in [0.1, 0.15) is 9.39 Å². The van der Waals surface area contributed by atoms with E-state index in [0.717, 1.165) is 9.39 Å². The molecular weight excluding hydrogens is 279 g/mol. The van der Waals surface area contributed by atoms with Crippen molar-refractivity contribution >= 4 is 22.6 Å². The average Bonchev–Trinajstić information content (AvgIpc) is 2.72. The number of rotatable bonds is 2. The van der Waals surface area contributed by atoms with Gasteiger partial charge in [-0.05, 0) is 35.4 Å². The Kier molecular flexibility index (Phi) is 2.83. The van der Waals surface area contributed by atoms with E-state index < -0.39 is 0 Å². The molecule has 0 amide bonds. The lowest BCUT2D eigenvalue weighted by molar-refractivity contribution is 0.445. The second kappa shape index (κ2) is 3.91. The van der Waals surface area contributed by atoms with Gasteiger partial charge in [0, 0.05) is 6.54 Å². The van der Waals surface area contributed by atoms with Gasteiger partial charge in [0.2, 0.25) is 0 Å². The van der Waals surface area contributed by atoms with Crippen molar-refractivity contribution in [2.75, 3.05) is 0 Å². The van der Waals surface area contributed by atoms with Crippen molar-refractivity contribution in [3.05, 3.63) is 9.39 Å². The Balaban J connectivity index is 2.24. The molecule has 1 heterocycles. The van der Waals surface area contributed by atoms with Crippen molar-refractivity contribution in [1.82, 2.24) is 15.0 Å². The van der Waals surface area contributed by atoms with Crippen molar-refractivity contribution in [1.29, 1.82) is 0 Å². The number of aromatic nitrogens is 3. The summed E-state index contributed by atoms with van der Waals surface area (Å²) in [5, 5.41) is 8.21. The first kappa shape index (κ1) is 9.39. The summed E-state index contributed by atoms with van der Waals surface area (Å²) >= 11 is 2.28. The van der Waals surface area contributed by atoms with Crippen molar-refractivity contribution in [2.24, 2.45) is 5.73 Å². The second-order valence-corrected chi connectivity index (χ2v) is 4.44. The highest BCUT2D eigenvalue weighted by Crippen LogP contribution is 2.30. The Morgan fingerprint density at radius 3 is 2.69 bits per heavy atom. The molecule has 0 aromatic carbocycles. The van der Waals surface area contributed by atoms with Gasteiger partial charge in [0.15, 0.2) is 0 Å². The van der Waals surface area contributed by atoms with Crippen LogP contribution in [0.15, 0.2) is 0 Å². The van der Waals surface area contributed by atoms with E-state index in [1.807, 2.05) is 4.68 Å². The van der Waals surface area contributed by atoms with Crippen LogP contribution in [0.2, 0.25) is 0 Å². The zero-order chi connectivity index (χ0) is 9.26. The maximum atomic E-state index is 5.54. The molecule has 1 saturated carbocycles. The van der Waals surface area contributed by atoms with Gasteiger partial charge >= 0.3 is 0 Å². The third-order valence-corrected chi connectivity index (χ3v) is 3.68. The van der Waals surface area contributed by atoms with E-state index >= 15 is 0 Å². The monoisotopic (exact) mass is 292 g/mol. The average molecular weight is 292 g/mol. The summed E-state index contributed by atoms with van der Waals surface area (Å²) in [5.74, 6) is 0. The molecule has 1 aliphatic rings. The van der Waals surface area contributed by atoms with Crippen LogP contribution in [-0.2, 0) is 6.54 Å². The van der Waals surface area contributed by atoms with Gasteiger partial charge in [-0.25, -0.2) is 4.68 Å². The van der Waals surface area contributed by atoms with Crippen molar-refractivity contribution < 1.29 is 0 Å². The lowest BCUT2D eigenvalue weighted by Crippen LogP contribution is -2.09. The van der Waals surface area contributed by atoms with E-state index in [4.69, 9.17) is 5.73 Å². The van der Waals surface area contributed by atoms with Crippen molar-refractivity contribution in [3.8, 4) is 0 Å². The quantitative estimate of drug-likeness (QED) is 0.840. The van der Waals surface area contributed by atoms with Gasteiger partial charge in [-0.2, -0.15) is 0 Å². The molecule has 4 nitrogen and oxygen atoms in total. The van der Waals surface area contributed by atoms with Crippen molar-refractivity contribution in [2.45, 2.75) is 38.3 Å². The van der Waals surface area contributed by atoms with Crippen LogP contribution in [-0.4, -0.2) is 15.0 Å². The van der Waals surface area contributed by atoms with Crippen LogP contribution in [0.5, 0.6) is 0 Å². The van der Waals surface area contributed by atoms with E-state index in [1.54, 1.807) is 0 Å².